The molecule has 0 aliphatic carbocycles. The van der Waals surface area contributed by atoms with Crippen molar-refractivity contribution in [3.63, 3.8) is 0 Å². The maximum absolute atomic E-state index is 10.1. The molecule has 0 aliphatic rings. The third-order valence-electron chi connectivity index (χ3n) is 1.39. The van der Waals surface area contributed by atoms with Crippen LogP contribution in [0, 0.1) is 0 Å². The van der Waals surface area contributed by atoms with Crippen LogP contribution in [0.4, 0.5) is 0 Å². The molecule has 4 nitrogen and oxygen atoms in total. The Bertz CT molecular complexity index is 152. The molecule has 0 spiro atoms. The van der Waals surface area contributed by atoms with Gasteiger partial charge in [0.2, 0.25) is 0 Å². The third kappa shape index (κ3) is 11.3. The summed E-state index contributed by atoms with van der Waals surface area (Å²) in [5.74, 6) is -0.0863. The quantitative estimate of drug-likeness (QED) is 0.588. The summed E-state index contributed by atoms with van der Waals surface area (Å²) >= 11 is 1.56. The van der Waals surface area contributed by atoms with Gasteiger partial charge in [-0.2, -0.15) is 11.8 Å². The largest absolute Gasteiger partial charge is 0.481 e. The normalized spacial score (nSPS) is 9.85. The highest BCUT2D eigenvalue weighted by atomic mass is 32.2. The van der Waals surface area contributed by atoms with Gasteiger partial charge in [0.15, 0.2) is 0 Å². The number of carbonyl (C=O) groups is 2. The standard InChI is InChI=1S/C8H14O4S/c9-7(10)3-1-2-5-13-6-4-8(11)12/h1-6H2,(H,9,10)(H,11,12). The summed E-state index contributed by atoms with van der Waals surface area (Å²) in [5, 5.41) is 16.6. The molecule has 76 valence electrons. The second kappa shape index (κ2) is 7.91. The summed E-state index contributed by atoms with van der Waals surface area (Å²) in [5.41, 5.74) is 0. The van der Waals surface area contributed by atoms with Gasteiger partial charge < -0.3 is 10.2 Å². The van der Waals surface area contributed by atoms with Gasteiger partial charge in [0.25, 0.3) is 0 Å². The van der Waals surface area contributed by atoms with E-state index in [1.165, 1.54) is 0 Å². The lowest BCUT2D eigenvalue weighted by Crippen LogP contribution is -1.97. The zero-order valence-corrected chi connectivity index (χ0v) is 8.18. The molecule has 13 heavy (non-hydrogen) atoms. The van der Waals surface area contributed by atoms with Gasteiger partial charge in [-0.3, -0.25) is 9.59 Å². The molecule has 0 bridgehead atoms. The van der Waals surface area contributed by atoms with Crippen molar-refractivity contribution in [3.05, 3.63) is 0 Å². The van der Waals surface area contributed by atoms with Crippen LogP contribution >= 0.6 is 11.8 Å². The number of rotatable bonds is 8. The highest BCUT2D eigenvalue weighted by Gasteiger charge is 1.98. The van der Waals surface area contributed by atoms with Gasteiger partial charge in [-0.25, -0.2) is 0 Å². The predicted molar refractivity (Wildman–Crippen MR) is 51.1 cm³/mol. The van der Waals surface area contributed by atoms with E-state index in [0.717, 1.165) is 12.2 Å². The van der Waals surface area contributed by atoms with Crippen molar-refractivity contribution >= 4 is 23.7 Å². The van der Waals surface area contributed by atoms with E-state index in [0.29, 0.717) is 12.2 Å². The van der Waals surface area contributed by atoms with Gasteiger partial charge >= 0.3 is 11.9 Å². The fourth-order valence-electron chi connectivity index (χ4n) is 0.742. The van der Waals surface area contributed by atoms with Crippen molar-refractivity contribution < 1.29 is 19.8 Å². The Morgan fingerprint density at radius 2 is 1.54 bits per heavy atom. The molecule has 0 aromatic rings. The molecule has 0 aliphatic heterocycles. The average molecular weight is 206 g/mol. The Morgan fingerprint density at radius 1 is 0.923 bits per heavy atom. The average Bonchev–Trinajstić information content (AvgIpc) is 2.01. The van der Waals surface area contributed by atoms with E-state index >= 15 is 0 Å². The van der Waals surface area contributed by atoms with Gasteiger partial charge in [-0.05, 0) is 18.6 Å². The minimum atomic E-state index is -0.780. The summed E-state index contributed by atoms with van der Waals surface area (Å²) in [7, 11) is 0. The van der Waals surface area contributed by atoms with Crippen LogP contribution in [-0.4, -0.2) is 33.7 Å². The molecule has 0 aromatic carbocycles. The van der Waals surface area contributed by atoms with Crippen molar-refractivity contribution in [2.45, 2.75) is 25.7 Å². The monoisotopic (exact) mass is 206 g/mol. The number of aliphatic carboxylic acids is 2. The number of hydrogen-bond donors (Lipinski definition) is 2. The van der Waals surface area contributed by atoms with Crippen LogP contribution in [0.15, 0.2) is 0 Å². The van der Waals surface area contributed by atoms with Crippen molar-refractivity contribution in [2.75, 3.05) is 11.5 Å². The summed E-state index contributed by atoms with van der Waals surface area (Å²) in [4.78, 5) is 20.2. The fourth-order valence-corrected chi connectivity index (χ4v) is 1.67. The molecule has 5 heteroatoms. The molecular weight excluding hydrogens is 192 g/mol. The lowest BCUT2D eigenvalue weighted by molar-refractivity contribution is -0.137. The molecule has 0 fully saturated rings. The van der Waals surface area contributed by atoms with Crippen LogP contribution in [0.25, 0.3) is 0 Å². The van der Waals surface area contributed by atoms with Crippen molar-refractivity contribution in [3.8, 4) is 0 Å². The van der Waals surface area contributed by atoms with E-state index in [1.807, 2.05) is 0 Å². The van der Waals surface area contributed by atoms with Crippen LogP contribution < -0.4 is 0 Å². The molecule has 0 saturated heterocycles. The smallest absolute Gasteiger partial charge is 0.304 e. The maximum Gasteiger partial charge on any atom is 0.304 e. The van der Waals surface area contributed by atoms with Crippen LogP contribution in [-0.2, 0) is 9.59 Å². The summed E-state index contributed by atoms with van der Waals surface area (Å²) in [6.45, 7) is 0. The molecular formula is C8H14O4S. The highest BCUT2D eigenvalue weighted by Crippen LogP contribution is 2.07. The molecule has 0 unspecified atom stereocenters. The zero-order valence-electron chi connectivity index (χ0n) is 7.36. The minimum absolute atomic E-state index is 0.184. The van der Waals surface area contributed by atoms with Crippen LogP contribution in [0.3, 0.4) is 0 Å². The molecule has 0 saturated carbocycles. The lowest BCUT2D eigenvalue weighted by Gasteiger charge is -1.97. The summed E-state index contributed by atoms with van der Waals surface area (Å²) in [6.07, 6.45) is 1.91. The van der Waals surface area contributed by atoms with Gasteiger partial charge in [-0.15, -0.1) is 0 Å². The summed E-state index contributed by atoms with van der Waals surface area (Å²) in [6, 6.07) is 0. The predicted octanol–water partition coefficient (Wildman–Crippen LogP) is 1.45. The lowest BCUT2D eigenvalue weighted by atomic mass is 10.3. The topological polar surface area (TPSA) is 74.6 Å². The number of carboxylic acid groups (broad SMARTS) is 2. The molecule has 0 heterocycles. The first kappa shape index (κ1) is 12.3. The minimum Gasteiger partial charge on any atom is -0.481 e. The highest BCUT2D eigenvalue weighted by molar-refractivity contribution is 7.99. The van der Waals surface area contributed by atoms with Crippen molar-refractivity contribution in [2.24, 2.45) is 0 Å². The number of hydrogen-bond acceptors (Lipinski definition) is 3. The first-order valence-electron chi connectivity index (χ1n) is 4.14. The Kier molecular flexibility index (Phi) is 7.48. The van der Waals surface area contributed by atoms with Crippen LogP contribution in [0.1, 0.15) is 25.7 Å². The van der Waals surface area contributed by atoms with E-state index in [-0.39, 0.29) is 12.8 Å². The second-order valence-corrected chi connectivity index (χ2v) is 3.83. The third-order valence-corrected chi connectivity index (χ3v) is 2.46. The van der Waals surface area contributed by atoms with E-state index in [4.69, 9.17) is 10.2 Å². The zero-order chi connectivity index (χ0) is 10.1. The van der Waals surface area contributed by atoms with Gasteiger partial charge in [0, 0.05) is 12.2 Å². The van der Waals surface area contributed by atoms with E-state index in [1.54, 1.807) is 11.8 Å². The van der Waals surface area contributed by atoms with E-state index in [2.05, 4.69) is 0 Å². The van der Waals surface area contributed by atoms with E-state index < -0.39 is 11.9 Å². The Morgan fingerprint density at radius 3 is 2.08 bits per heavy atom. The fraction of sp³-hybridized carbons (Fsp3) is 0.750. The Labute approximate surface area is 81.3 Å². The molecule has 2 N–H and O–H groups in total. The van der Waals surface area contributed by atoms with E-state index in [9.17, 15) is 9.59 Å². The van der Waals surface area contributed by atoms with Crippen molar-refractivity contribution in [1.82, 2.24) is 0 Å². The van der Waals surface area contributed by atoms with Crippen LogP contribution in [0.2, 0.25) is 0 Å². The van der Waals surface area contributed by atoms with Crippen LogP contribution in [0.5, 0.6) is 0 Å². The molecule has 0 rings (SSSR count). The number of thioether (sulfide) groups is 1. The summed E-state index contributed by atoms with van der Waals surface area (Å²) < 4.78 is 0. The molecule has 0 aromatic heterocycles. The number of unbranched alkanes of at least 4 members (excludes halogenated alkanes) is 1. The Balaban J connectivity index is 3.00. The SMILES string of the molecule is O=C(O)CCCCSCCC(=O)O. The molecule has 0 atom stereocenters. The van der Waals surface area contributed by atoms with Gasteiger partial charge in [-0.1, -0.05) is 0 Å². The first-order chi connectivity index (χ1) is 6.13. The number of carboxylic acids is 2. The van der Waals surface area contributed by atoms with Crippen molar-refractivity contribution in [1.29, 1.82) is 0 Å². The molecule has 0 radical (unpaired) electrons. The van der Waals surface area contributed by atoms with Gasteiger partial charge in [0.05, 0.1) is 6.42 Å². The Hall–Kier alpha value is -0.710. The second-order valence-electron chi connectivity index (χ2n) is 2.61. The van der Waals surface area contributed by atoms with Gasteiger partial charge in [0.1, 0.15) is 0 Å². The first-order valence-corrected chi connectivity index (χ1v) is 5.29. The molecule has 0 amide bonds. The maximum atomic E-state index is 10.1.